The lowest BCUT2D eigenvalue weighted by Crippen LogP contribution is -2.31. The number of fused-ring (bicyclic) bond motifs is 1. The highest BCUT2D eigenvalue weighted by Crippen LogP contribution is 2.39. The molecule has 0 radical (unpaired) electrons. The van der Waals surface area contributed by atoms with Crippen LogP contribution in [0.3, 0.4) is 0 Å². The number of benzene rings is 2. The van der Waals surface area contributed by atoms with Crippen molar-refractivity contribution < 1.29 is 40.7 Å². The SMILES string of the molecule is COC(=O)c1ccc(C(C)NC(=O)c2c(C(F)(F)F)c3ncccc3n2Cc2cccc(C(F)(F)F)c2)cc1. The third kappa shape index (κ3) is 5.74. The summed E-state index contributed by atoms with van der Waals surface area (Å²) in [5.74, 6) is -1.68. The molecule has 2 aromatic heterocycles. The Kier molecular flexibility index (Phi) is 7.40. The number of rotatable bonds is 6. The Labute approximate surface area is 218 Å². The second-order valence-corrected chi connectivity index (χ2v) is 8.69. The van der Waals surface area contributed by atoms with Crippen LogP contribution in [-0.4, -0.2) is 28.5 Å². The van der Waals surface area contributed by atoms with Crippen LogP contribution < -0.4 is 5.32 Å². The summed E-state index contributed by atoms with van der Waals surface area (Å²) in [4.78, 5) is 28.9. The normalized spacial score (nSPS) is 12.8. The van der Waals surface area contributed by atoms with E-state index in [0.717, 1.165) is 29.0 Å². The van der Waals surface area contributed by atoms with Crippen molar-refractivity contribution in [3.8, 4) is 0 Å². The number of amides is 1. The van der Waals surface area contributed by atoms with Crippen molar-refractivity contribution >= 4 is 22.9 Å². The molecule has 1 N–H and O–H groups in total. The Balaban J connectivity index is 1.78. The summed E-state index contributed by atoms with van der Waals surface area (Å²) < 4.78 is 88.3. The van der Waals surface area contributed by atoms with E-state index in [1.807, 2.05) is 0 Å². The molecule has 1 amide bonds. The van der Waals surface area contributed by atoms with E-state index in [4.69, 9.17) is 0 Å². The van der Waals surface area contributed by atoms with Crippen LogP contribution in [0.1, 0.15) is 56.1 Å². The number of hydrogen-bond donors (Lipinski definition) is 1. The first-order valence-corrected chi connectivity index (χ1v) is 11.5. The molecule has 1 unspecified atom stereocenters. The van der Waals surface area contributed by atoms with E-state index < -0.39 is 59.2 Å². The molecule has 0 spiro atoms. The Morgan fingerprint density at radius 1 is 0.974 bits per heavy atom. The number of hydrogen-bond acceptors (Lipinski definition) is 4. The number of pyridine rings is 1. The maximum atomic E-state index is 14.3. The van der Waals surface area contributed by atoms with Crippen molar-refractivity contribution in [2.45, 2.75) is 31.9 Å². The molecule has 0 bridgehead atoms. The Bertz CT molecular complexity index is 1520. The average Bonchev–Trinajstić information content (AvgIpc) is 3.22. The number of methoxy groups -OCH3 is 1. The topological polar surface area (TPSA) is 73.2 Å². The summed E-state index contributed by atoms with van der Waals surface area (Å²) in [5, 5.41) is 2.53. The highest BCUT2D eigenvalue weighted by Gasteiger charge is 2.42. The first-order chi connectivity index (χ1) is 18.3. The van der Waals surface area contributed by atoms with Gasteiger partial charge in [-0.05, 0) is 54.4 Å². The number of aromatic nitrogens is 2. The van der Waals surface area contributed by atoms with E-state index in [-0.39, 0.29) is 16.6 Å². The quantitative estimate of drug-likeness (QED) is 0.223. The Hall–Kier alpha value is -4.35. The molecule has 0 saturated heterocycles. The molecule has 204 valence electrons. The highest BCUT2D eigenvalue weighted by atomic mass is 19.4. The van der Waals surface area contributed by atoms with Crippen molar-refractivity contribution in [1.29, 1.82) is 0 Å². The standard InChI is InChI=1S/C27H21F6N3O3/c1-15(17-8-10-18(11-9-17)25(38)39-2)35-24(37)23-21(27(31,32)33)22-20(7-4-12-34-22)36(23)14-16-5-3-6-19(13-16)26(28,29)30/h3-13,15H,14H2,1-2H3,(H,35,37). The first-order valence-electron chi connectivity index (χ1n) is 11.5. The largest absolute Gasteiger partial charge is 0.465 e. The van der Waals surface area contributed by atoms with Crippen molar-refractivity contribution in [1.82, 2.24) is 14.9 Å². The summed E-state index contributed by atoms with van der Waals surface area (Å²) >= 11 is 0. The number of carbonyl (C=O) groups is 2. The van der Waals surface area contributed by atoms with Gasteiger partial charge in [0.2, 0.25) is 0 Å². The molecular weight excluding hydrogens is 528 g/mol. The second-order valence-electron chi connectivity index (χ2n) is 8.69. The lowest BCUT2D eigenvalue weighted by Gasteiger charge is -2.18. The van der Waals surface area contributed by atoms with Crippen LogP contribution in [0.4, 0.5) is 26.3 Å². The minimum atomic E-state index is -5.00. The van der Waals surface area contributed by atoms with Gasteiger partial charge >= 0.3 is 18.3 Å². The zero-order valence-corrected chi connectivity index (χ0v) is 20.5. The molecule has 12 heteroatoms. The average molecular weight is 549 g/mol. The van der Waals surface area contributed by atoms with Gasteiger partial charge in [-0.15, -0.1) is 0 Å². The lowest BCUT2D eigenvalue weighted by atomic mass is 10.1. The van der Waals surface area contributed by atoms with Crippen LogP contribution in [-0.2, 0) is 23.6 Å². The molecule has 0 fully saturated rings. The molecular formula is C27H21F6N3O3. The summed E-state index contributed by atoms with van der Waals surface area (Å²) in [6.45, 7) is 1.09. The van der Waals surface area contributed by atoms with Crippen molar-refractivity contribution in [2.24, 2.45) is 0 Å². The minimum Gasteiger partial charge on any atom is -0.465 e. The molecule has 39 heavy (non-hydrogen) atoms. The minimum absolute atomic E-state index is 0.0415. The maximum absolute atomic E-state index is 14.3. The zero-order valence-electron chi connectivity index (χ0n) is 20.5. The van der Waals surface area contributed by atoms with Crippen molar-refractivity contribution in [3.05, 3.63) is 100 Å². The van der Waals surface area contributed by atoms with Gasteiger partial charge in [-0.25, -0.2) is 4.79 Å². The van der Waals surface area contributed by atoms with Crippen LogP contribution in [0.2, 0.25) is 0 Å². The molecule has 1 atom stereocenters. The molecule has 0 aliphatic heterocycles. The highest BCUT2D eigenvalue weighted by molar-refractivity contribution is 6.01. The fourth-order valence-corrected chi connectivity index (χ4v) is 4.25. The lowest BCUT2D eigenvalue weighted by molar-refractivity contribution is -0.138. The van der Waals surface area contributed by atoms with Gasteiger partial charge in [-0.3, -0.25) is 9.78 Å². The van der Waals surface area contributed by atoms with Crippen LogP contribution in [0, 0.1) is 0 Å². The molecule has 2 aromatic carbocycles. The predicted octanol–water partition coefficient (Wildman–Crippen LogP) is 6.40. The van der Waals surface area contributed by atoms with Crippen LogP contribution in [0.25, 0.3) is 11.0 Å². The van der Waals surface area contributed by atoms with Gasteiger partial charge in [0, 0.05) is 12.7 Å². The molecule has 0 aliphatic rings. The number of ether oxygens (including phenoxy) is 1. The van der Waals surface area contributed by atoms with Crippen LogP contribution >= 0.6 is 0 Å². The van der Waals surface area contributed by atoms with Crippen LogP contribution in [0.5, 0.6) is 0 Å². The summed E-state index contributed by atoms with van der Waals surface area (Å²) in [6.07, 6.45) is -8.52. The van der Waals surface area contributed by atoms with E-state index in [9.17, 15) is 35.9 Å². The predicted molar refractivity (Wildman–Crippen MR) is 129 cm³/mol. The molecule has 0 aliphatic carbocycles. The molecule has 4 rings (SSSR count). The molecule has 2 heterocycles. The fourth-order valence-electron chi connectivity index (χ4n) is 4.25. The molecule has 0 saturated carbocycles. The smallest absolute Gasteiger partial charge is 0.420 e. The zero-order chi connectivity index (χ0) is 28.5. The molecule has 6 nitrogen and oxygen atoms in total. The number of nitrogens with zero attached hydrogens (tertiary/aromatic N) is 2. The van der Waals surface area contributed by atoms with E-state index in [2.05, 4.69) is 15.0 Å². The number of alkyl halides is 6. The van der Waals surface area contributed by atoms with E-state index in [0.29, 0.717) is 5.56 Å². The van der Waals surface area contributed by atoms with E-state index >= 15 is 0 Å². The van der Waals surface area contributed by atoms with Crippen molar-refractivity contribution in [3.63, 3.8) is 0 Å². The number of carbonyl (C=O) groups excluding carboxylic acids is 2. The third-order valence-corrected chi connectivity index (χ3v) is 6.09. The number of esters is 1. The van der Waals surface area contributed by atoms with Gasteiger partial charge in [0.25, 0.3) is 5.91 Å². The Morgan fingerprint density at radius 2 is 1.67 bits per heavy atom. The van der Waals surface area contributed by atoms with Gasteiger partial charge in [-0.2, -0.15) is 26.3 Å². The Morgan fingerprint density at radius 3 is 2.28 bits per heavy atom. The van der Waals surface area contributed by atoms with Gasteiger partial charge < -0.3 is 14.6 Å². The summed E-state index contributed by atoms with van der Waals surface area (Å²) in [5.41, 5.74) is -2.85. The van der Waals surface area contributed by atoms with Crippen LogP contribution in [0.15, 0.2) is 66.9 Å². The monoisotopic (exact) mass is 549 g/mol. The molecule has 4 aromatic rings. The van der Waals surface area contributed by atoms with Gasteiger partial charge in [-0.1, -0.05) is 24.3 Å². The van der Waals surface area contributed by atoms with E-state index in [1.165, 1.54) is 56.5 Å². The van der Waals surface area contributed by atoms with Crippen molar-refractivity contribution in [2.75, 3.05) is 7.11 Å². The number of nitrogens with one attached hydrogen (secondary N) is 1. The van der Waals surface area contributed by atoms with Gasteiger partial charge in [0.15, 0.2) is 0 Å². The third-order valence-electron chi connectivity index (χ3n) is 6.09. The second kappa shape index (κ2) is 10.4. The van der Waals surface area contributed by atoms with Gasteiger partial charge in [0.05, 0.1) is 29.8 Å². The maximum Gasteiger partial charge on any atom is 0.420 e. The fraction of sp³-hybridized carbons (Fsp3) is 0.222. The van der Waals surface area contributed by atoms with E-state index in [1.54, 1.807) is 0 Å². The summed E-state index contributed by atoms with van der Waals surface area (Å²) in [7, 11) is 1.21. The summed E-state index contributed by atoms with van der Waals surface area (Å²) in [6, 6.07) is 12.0. The van der Waals surface area contributed by atoms with Gasteiger partial charge in [0.1, 0.15) is 16.8 Å². The first kappa shape index (κ1) is 27.7. The number of halogens is 6.